The molecule has 0 atom stereocenters. The molecule has 0 unspecified atom stereocenters. The van der Waals surface area contributed by atoms with Gasteiger partial charge in [-0.3, -0.25) is 4.79 Å². The molecule has 0 saturated heterocycles. The predicted molar refractivity (Wildman–Crippen MR) is 86.2 cm³/mol. The smallest absolute Gasteiger partial charge is 0.262 e. The van der Waals surface area contributed by atoms with E-state index in [0.29, 0.717) is 27.2 Å². The van der Waals surface area contributed by atoms with Crippen LogP contribution in [-0.4, -0.2) is 12.5 Å². The summed E-state index contributed by atoms with van der Waals surface area (Å²) < 4.78 is 5.36. The van der Waals surface area contributed by atoms with E-state index in [-0.39, 0.29) is 12.5 Å². The molecule has 0 radical (unpaired) electrons. The molecule has 0 aromatic heterocycles. The molecule has 6 heteroatoms. The van der Waals surface area contributed by atoms with Gasteiger partial charge in [-0.05, 0) is 36.8 Å². The van der Waals surface area contributed by atoms with Crippen LogP contribution in [0.1, 0.15) is 5.56 Å². The molecule has 2 aromatic rings. The third kappa shape index (κ3) is 4.28. The predicted octanol–water partition coefficient (Wildman–Crippen LogP) is 3.90. The summed E-state index contributed by atoms with van der Waals surface area (Å²) in [5, 5.41) is 3.62. The normalized spacial score (nSPS) is 10.2. The third-order valence-electron chi connectivity index (χ3n) is 2.79. The van der Waals surface area contributed by atoms with Gasteiger partial charge < -0.3 is 15.8 Å². The highest BCUT2D eigenvalue weighted by Crippen LogP contribution is 2.27. The van der Waals surface area contributed by atoms with E-state index in [9.17, 15) is 4.79 Å². The molecular weight excluding hydrogens is 311 g/mol. The zero-order valence-electron chi connectivity index (χ0n) is 11.3. The van der Waals surface area contributed by atoms with E-state index in [1.807, 2.05) is 13.0 Å². The molecule has 0 bridgehead atoms. The number of benzene rings is 2. The van der Waals surface area contributed by atoms with Gasteiger partial charge in [0.2, 0.25) is 0 Å². The van der Waals surface area contributed by atoms with E-state index in [2.05, 4.69) is 5.32 Å². The number of nitrogens with one attached hydrogen (secondary N) is 1. The first-order valence-electron chi connectivity index (χ1n) is 6.19. The zero-order valence-corrected chi connectivity index (χ0v) is 12.8. The molecule has 4 nitrogen and oxygen atoms in total. The summed E-state index contributed by atoms with van der Waals surface area (Å²) >= 11 is 11.8. The summed E-state index contributed by atoms with van der Waals surface area (Å²) in [5.74, 6) is 0.0587. The number of hydrogen-bond donors (Lipinski definition) is 2. The molecule has 0 fully saturated rings. The number of hydrogen-bond acceptors (Lipinski definition) is 3. The first-order chi connectivity index (χ1) is 9.95. The van der Waals surface area contributed by atoms with Gasteiger partial charge >= 0.3 is 0 Å². The van der Waals surface area contributed by atoms with Gasteiger partial charge in [-0.2, -0.15) is 0 Å². The summed E-state index contributed by atoms with van der Waals surface area (Å²) in [6.07, 6.45) is 0. The summed E-state index contributed by atoms with van der Waals surface area (Å²) in [5.41, 5.74) is 7.84. The maximum absolute atomic E-state index is 11.9. The molecular formula is C15H14Cl2N2O2. The van der Waals surface area contributed by atoms with Gasteiger partial charge in [0, 0.05) is 22.5 Å². The van der Waals surface area contributed by atoms with Crippen LogP contribution in [0.4, 0.5) is 11.4 Å². The van der Waals surface area contributed by atoms with Gasteiger partial charge in [0.05, 0.1) is 5.02 Å². The van der Waals surface area contributed by atoms with Crippen LogP contribution in [0.25, 0.3) is 0 Å². The van der Waals surface area contributed by atoms with Gasteiger partial charge in [-0.1, -0.05) is 29.3 Å². The van der Waals surface area contributed by atoms with Crippen LogP contribution in [0.2, 0.25) is 10.0 Å². The van der Waals surface area contributed by atoms with Crippen molar-refractivity contribution in [2.24, 2.45) is 0 Å². The Bertz CT molecular complexity index is 675. The monoisotopic (exact) mass is 324 g/mol. The van der Waals surface area contributed by atoms with Crippen molar-refractivity contribution >= 4 is 40.5 Å². The van der Waals surface area contributed by atoms with Crippen LogP contribution in [0.5, 0.6) is 5.75 Å². The second-order valence-corrected chi connectivity index (χ2v) is 5.33. The minimum Gasteiger partial charge on any atom is -0.482 e. The number of carbonyl (C=O) groups is 1. The average Bonchev–Trinajstić information content (AvgIpc) is 2.44. The molecule has 0 aliphatic heterocycles. The van der Waals surface area contributed by atoms with E-state index < -0.39 is 0 Å². The van der Waals surface area contributed by atoms with Gasteiger partial charge in [0.15, 0.2) is 6.61 Å². The summed E-state index contributed by atoms with van der Waals surface area (Å²) in [6.45, 7) is 1.71. The summed E-state index contributed by atoms with van der Waals surface area (Å²) in [7, 11) is 0. The Balaban J connectivity index is 1.99. The Labute approximate surface area is 132 Å². The maximum atomic E-state index is 11.9. The minimum absolute atomic E-state index is 0.172. The van der Waals surface area contributed by atoms with Gasteiger partial charge in [0.25, 0.3) is 5.91 Å². The second kappa shape index (κ2) is 6.70. The summed E-state index contributed by atoms with van der Waals surface area (Å²) in [6, 6.07) is 10.1. The fraction of sp³-hybridized carbons (Fsp3) is 0.133. The Kier molecular flexibility index (Phi) is 4.94. The van der Waals surface area contributed by atoms with Gasteiger partial charge in [0.1, 0.15) is 5.75 Å². The van der Waals surface area contributed by atoms with Crippen molar-refractivity contribution in [3.8, 4) is 5.75 Å². The van der Waals surface area contributed by atoms with E-state index in [1.165, 1.54) is 0 Å². The van der Waals surface area contributed by atoms with E-state index >= 15 is 0 Å². The highest BCUT2D eigenvalue weighted by atomic mass is 35.5. The van der Waals surface area contributed by atoms with Crippen LogP contribution in [0, 0.1) is 6.92 Å². The number of rotatable bonds is 4. The van der Waals surface area contributed by atoms with Crippen LogP contribution < -0.4 is 15.8 Å². The van der Waals surface area contributed by atoms with Crippen molar-refractivity contribution in [2.45, 2.75) is 6.92 Å². The topological polar surface area (TPSA) is 64.3 Å². The quantitative estimate of drug-likeness (QED) is 0.838. The molecule has 21 heavy (non-hydrogen) atoms. The number of nitrogens with two attached hydrogens (primary N) is 1. The van der Waals surface area contributed by atoms with E-state index in [4.69, 9.17) is 33.7 Å². The maximum Gasteiger partial charge on any atom is 0.262 e. The zero-order chi connectivity index (χ0) is 15.4. The molecule has 2 rings (SSSR count). The number of carbonyl (C=O) groups excluding carboxylic acids is 1. The van der Waals surface area contributed by atoms with E-state index in [1.54, 1.807) is 30.3 Å². The van der Waals surface area contributed by atoms with Crippen LogP contribution in [-0.2, 0) is 4.79 Å². The van der Waals surface area contributed by atoms with Gasteiger partial charge in [-0.25, -0.2) is 0 Å². The molecule has 3 N–H and O–H groups in total. The highest BCUT2D eigenvalue weighted by molar-refractivity contribution is 6.34. The second-order valence-electron chi connectivity index (χ2n) is 4.49. The van der Waals surface area contributed by atoms with Crippen molar-refractivity contribution in [3.05, 3.63) is 52.0 Å². The third-order valence-corrected chi connectivity index (χ3v) is 3.34. The SMILES string of the molecule is Cc1ccc(N)cc1NC(=O)COc1cc(Cl)ccc1Cl. The Morgan fingerprint density at radius 1 is 1.24 bits per heavy atom. The first kappa shape index (κ1) is 15.5. The van der Waals surface area contributed by atoms with E-state index in [0.717, 1.165) is 5.56 Å². The van der Waals surface area contributed by atoms with Crippen LogP contribution in [0.3, 0.4) is 0 Å². The molecule has 0 heterocycles. The van der Waals surface area contributed by atoms with Crippen molar-refractivity contribution in [1.82, 2.24) is 0 Å². The number of amides is 1. The lowest BCUT2D eigenvalue weighted by molar-refractivity contribution is -0.118. The lowest BCUT2D eigenvalue weighted by Crippen LogP contribution is -2.20. The number of anilines is 2. The van der Waals surface area contributed by atoms with Crippen molar-refractivity contribution in [1.29, 1.82) is 0 Å². The fourth-order valence-corrected chi connectivity index (χ4v) is 2.03. The molecule has 1 amide bonds. The standard InChI is InChI=1S/C15H14Cl2N2O2/c1-9-2-4-11(18)7-13(9)19-15(20)8-21-14-6-10(16)3-5-12(14)17/h2-7H,8,18H2,1H3,(H,19,20). The Morgan fingerprint density at radius 2 is 2.00 bits per heavy atom. The number of nitrogen functional groups attached to an aromatic ring is 1. The minimum atomic E-state index is -0.306. The van der Waals surface area contributed by atoms with Gasteiger partial charge in [-0.15, -0.1) is 0 Å². The molecule has 110 valence electrons. The fourth-order valence-electron chi connectivity index (χ4n) is 1.69. The molecule has 2 aromatic carbocycles. The lowest BCUT2D eigenvalue weighted by Gasteiger charge is -2.11. The first-order valence-corrected chi connectivity index (χ1v) is 6.95. The van der Waals surface area contributed by atoms with Crippen LogP contribution >= 0.6 is 23.2 Å². The van der Waals surface area contributed by atoms with Crippen molar-refractivity contribution in [3.63, 3.8) is 0 Å². The van der Waals surface area contributed by atoms with Crippen molar-refractivity contribution < 1.29 is 9.53 Å². The highest BCUT2D eigenvalue weighted by Gasteiger charge is 2.08. The molecule has 0 aliphatic carbocycles. The largest absolute Gasteiger partial charge is 0.482 e. The number of aryl methyl sites for hydroxylation is 1. The Morgan fingerprint density at radius 3 is 2.76 bits per heavy atom. The van der Waals surface area contributed by atoms with Crippen molar-refractivity contribution in [2.75, 3.05) is 17.7 Å². The summed E-state index contributed by atoms with van der Waals surface area (Å²) in [4.78, 5) is 11.9. The molecule has 0 aliphatic rings. The molecule has 0 saturated carbocycles. The average molecular weight is 325 g/mol. The van der Waals surface area contributed by atoms with Crippen LogP contribution in [0.15, 0.2) is 36.4 Å². The number of halogens is 2. The lowest BCUT2D eigenvalue weighted by atomic mass is 10.2. The number of ether oxygens (including phenoxy) is 1. The Hall–Kier alpha value is -1.91. The molecule has 0 spiro atoms.